The van der Waals surface area contributed by atoms with E-state index in [1.165, 1.54) is 10.8 Å². The fourth-order valence-electron chi connectivity index (χ4n) is 5.10. The van der Waals surface area contributed by atoms with Crippen molar-refractivity contribution in [2.45, 2.75) is 12.1 Å². The maximum absolute atomic E-state index is 5.94. The van der Waals surface area contributed by atoms with Crippen LogP contribution in [0.4, 0.5) is 5.69 Å². The molecular formula is C30H26N4O2S. The molecule has 0 radical (unpaired) electrons. The minimum atomic E-state index is -0.204. The van der Waals surface area contributed by atoms with Crippen LogP contribution in [0.3, 0.4) is 0 Å². The Morgan fingerprint density at radius 1 is 0.838 bits per heavy atom. The lowest BCUT2D eigenvalue weighted by Crippen LogP contribution is -2.30. The van der Waals surface area contributed by atoms with Crippen molar-refractivity contribution >= 4 is 33.8 Å². The van der Waals surface area contributed by atoms with Crippen LogP contribution in [0.2, 0.25) is 0 Å². The first-order chi connectivity index (χ1) is 18.2. The van der Waals surface area contributed by atoms with E-state index in [9.17, 15) is 0 Å². The van der Waals surface area contributed by atoms with Crippen molar-refractivity contribution in [1.29, 1.82) is 0 Å². The Labute approximate surface area is 221 Å². The molecule has 6 nitrogen and oxygen atoms in total. The molecule has 6 rings (SSSR count). The Morgan fingerprint density at radius 2 is 1.68 bits per heavy atom. The number of thiocarbonyl (C=S) groups is 1. The van der Waals surface area contributed by atoms with E-state index in [4.69, 9.17) is 21.7 Å². The number of methoxy groups -OCH3 is 2. The summed E-state index contributed by atoms with van der Waals surface area (Å²) in [6.45, 7) is 0. The maximum atomic E-state index is 5.94. The zero-order valence-electron chi connectivity index (χ0n) is 20.5. The molecular weight excluding hydrogens is 480 g/mol. The van der Waals surface area contributed by atoms with Crippen LogP contribution in [0.25, 0.3) is 16.5 Å². The average Bonchev–Trinajstić information content (AvgIpc) is 3.57. The molecule has 1 aliphatic rings. The Balaban J connectivity index is 1.54. The van der Waals surface area contributed by atoms with Gasteiger partial charge in [-0.1, -0.05) is 36.4 Å². The molecule has 5 aromatic rings. The summed E-state index contributed by atoms with van der Waals surface area (Å²) in [5.74, 6) is 1.43. The first kappa shape index (κ1) is 23.1. The summed E-state index contributed by atoms with van der Waals surface area (Å²) in [5.41, 5.74) is 3.89. The van der Waals surface area contributed by atoms with E-state index in [1.54, 1.807) is 14.2 Å². The molecule has 0 amide bonds. The molecule has 2 atom stereocenters. The summed E-state index contributed by atoms with van der Waals surface area (Å²) in [5, 5.41) is 6.53. The Kier molecular flexibility index (Phi) is 5.98. The maximum Gasteiger partial charge on any atom is 0.174 e. The van der Waals surface area contributed by atoms with Gasteiger partial charge in [-0.3, -0.25) is 4.98 Å². The van der Waals surface area contributed by atoms with Gasteiger partial charge in [0.25, 0.3) is 0 Å². The van der Waals surface area contributed by atoms with Crippen molar-refractivity contribution in [3.63, 3.8) is 0 Å². The summed E-state index contributed by atoms with van der Waals surface area (Å²) in [7, 11) is 3.33. The SMILES string of the molecule is COc1ccc(OC)c(N2C(=S)N[C@H](c3ccccn3)[C@@H]2c2cccn2-c2ccc3ccccc3c2)c1. The number of aromatic nitrogens is 2. The van der Waals surface area contributed by atoms with Crippen molar-refractivity contribution < 1.29 is 9.47 Å². The molecule has 0 bridgehead atoms. The summed E-state index contributed by atoms with van der Waals surface area (Å²) in [6, 6.07) is 30.5. The predicted octanol–water partition coefficient (Wildman–Crippen LogP) is 6.22. The van der Waals surface area contributed by atoms with Crippen LogP contribution in [-0.4, -0.2) is 28.9 Å². The number of benzene rings is 3. The number of rotatable bonds is 6. The second kappa shape index (κ2) is 9.59. The van der Waals surface area contributed by atoms with Crippen LogP contribution in [0.5, 0.6) is 11.5 Å². The third-order valence-corrected chi connectivity index (χ3v) is 7.15. The number of ether oxygens (including phenoxy) is 2. The van der Waals surface area contributed by atoms with Crippen molar-refractivity contribution in [3.8, 4) is 17.2 Å². The molecule has 1 N–H and O–H groups in total. The van der Waals surface area contributed by atoms with Gasteiger partial charge < -0.3 is 24.3 Å². The van der Waals surface area contributed by atoms with Crippen LogP contribution < -0.4 is 19.7 Å². The van der Waals surface area contributed by atoms with Gasteiger partial charge in [0.1, 0.15) is 17.5 Å². The van der Waals surface area contributed by atoms with Crippen LogP contribution >= 0.6 is 12.2 Å². The second-order valence-electron chi connectivity index (χ2n) is 8.87. The highest BCUT2D eigenvalue weighted by atomic mass is 32.1. The van der Waals surface area contributed by atoms with Gasteiger partial charge >= 0.3 is 0 Å². The lowest BCUT2D eigenvalue weighted by atomic mass is 10.0. The summed E-state index contributed by atoms with van der Waals surface area (Å²) in [6.07, 6.45) is 3.91. The van der Waals surface area contributed by atoms with Crippen molar-refractivity contribution in [2.75, 3.05) is 19.1 Å². The molecule has 0 saturated carbocycles. The molecule has 1 fully saturated rings. The highest BCUT2D eigenvalue weighted by molar-refractivity contribution is 7.80. The van der Waals surface area contributed by atoms with Crippen molar-refractivity contribution in [1.82, 2.24) is 14.9 Å². The predicted molar refractivity (Wildman–Crippen MR) is 151 cm³/mol. The molecule has 0 unspecified atom stereocenters. The quantitative estimate of drug-likeness (QED) is 0.276. The molecule has 184 valence electrons. The second-order valence-corrected chi connectivity index (χ2v) is 9.26. The van der Waals surface area contributed by atoms with Crippen LogP contribution in [-0.2, 0) is 0 Å². The van der Waals surface area contributed by atoms with Gasteiger partial charge in [0.15, 0.2) is 5.11 Å². The van der Waals surface area contributed by atoms with E-state index in [-0.39, 0.29) is 12.1 Å². The third-order valence-electron chi connectivity index (χ3n) is 6.84. The summed E-state index contributed by atoms with van der Waals surface area (Å²) >= 11 is 5.94. The van der Waals surface area contributed by atoms with E-state index in [2.05, 4.69) is 80.6 Å². The largest absolute Gasteiger partial charge is 0.497 e. The summed E-state index contributed by atoms with van der Waals surface area (Å²) in [4.78, 5) is 6.80. The fourth-order valence-corrected chi connectivity index (χ4v) is 5.44. The highest BCUT2D eigenvalue weighted by Crippen LogP contribution is 2.46. The number of nitrogens with zero attached hydrogens (tertiary/aromatic N) is 3. The average molecular weight is 507 g/mol. The monoisotopic (exact) mass is 506 g/mol. The fraction of sp³-hybridized carbons (Fsp3) is 0.133. The lowest BCUT2D eigenvalue weighted by Gasteiger charge is -2.30. The van der Waals surface area contributed by atoms with Gasteiger partial charge in [0, 0.05) is 29.8 Å². The number of hydrogen-bond donors (Lipinski definition) is 1. The minimum absolute atomic E-state index is 0.182. The Hall–Kier alpha value is -4.36. The number of pyridine rings is 1. The number of fused-ring (bicyclic) bond motifs is 1. The zero-order chi connectivity index (χ0) is 25.4. The molecule has 37 heavy (non-hydrogen) atoms. The smallest absolute Gasteiger partial charge is 0.174 e. The van der Waals surface area contributed by atoms with Crippen molar-refractivity contribution in [3.05, 3.63) is 115 Å². The van der Waals surface area contributed by atoms with Crippen LogP contribution in [0.1, 0.15) is 23.5 Å². The third kappa shape index (κ3) is 4.07. The Bertz CT molecular complexity index is 1580. The molecule has 7 heteroatoms. The topological polar surface area (TPSA) is 51.6 Å². The number of nitrogens with one attached hydrogen (secondary N) is 1. The van der Waals surface area contributed by atoms with Crippen LogP contribution in [0.15, 0.2) is 103 Å². The molecule has 0 aliphatic carbocycles. The van der Waals surface area contributed by atoms with E-state index in [0.717, 1.165) is 28.5 Å². The molecule has 0 spiro atoms. The molecule has 1 saturated heterocycles. The first-order valence-corrected chi connectivity index (χ1v) is 12.5. The van der Waals surface area contributed by atoms with Gasteiger partial charge in [0.05, 0.1) is 31.6 Å². The molecule has 1 aliphatic heterocycles. The highest BCUT2D eigenvalue weighted by Gasteiger charge is 2.43. The number of anilines is 1. The normalized spacial score (nSPS) is 17.1. The van der Waals surface area contributed by atoms with Crippen molar-refractivity contribution in [2.24, 2.45) is 0 Å². The lowest BCUT2D eigenvalue weighted by molar-refractivity contribution is 0.402. The number of hydrogen-bond acceptors (Lipinski definition) is 4. The standard InChI is InChI=1S/C30H26N4O2S/c1-35-23-14-15-27(36-2)26(19-23)34-29(28(32-30(34)37)24-10-5-6-16-31-24)25-11-7-17-33(25)22-13-12-20-8-3-4-9-21(20)18-22/h3-19,28-29H,1-2H3,(H,32,37)/t28-,29+/m1/s1. The van der Waals surface area contributed by atoms with Gasteiger partial charge in [-0.15, -0.1) is 0 Å². The van der Waals surface area contributed by atoms with Gasteiger partial charge in [-0.25, -0.2) is 0 Å². The minimum Gasteiger partial charge on any atom is -0.497 e. The Morgan fingerprint density at radius 3 is 2.46 bits per heavy atom. The van der Waals surface area contributed by atoms with E-state index in [1.807, 2.05) is 42.6 Å². The summed E-state index contributed by atoms with van der Waals surface area (Å²) < 4.78 is 13.5. The first-order valence-electron chi connectivity index (χ1n) is 12.1. The van der Waals surface area contributed by atoms with Gasteiger partial charge in [-0.05, 0) is 71.5 Å². The molecule has 2 aromatic heterocycles. The molecule has 3 heterocycles. The molecule has 3 aromatic carbocycles. The van der Waals surface area contributed by atoms with E-state index >= 15 is 0 Å². The van der Waals surface area contributed by atoms with E-state index < -0.39 is 0 Å². The van der Waals surface area contributed by atoms with Gasteiger partial charge in [-0.2, -0.15) is 0 Å². The van der Waals surface area contributed by atoms with Crippen LogP contribution in [0, 0.1) is 0 Å². The van der Waals surface area contributed by atoms with Gasteiger partial charge in [0.2, 0.25) is 0 Å². The zero-order valence-corrected chi connectivity index (χ0v) is 21.4. The van der Waals surface area contributed by atoms with E-state index in [0.29, 0.717) is 10.9 Å².